The Balaban J connectivity index is 2.26. The van der Waals surface area contributed by atoms with E-state index < -0.39 is 11.6 Å². The zero-order chi connectivity index (χ0) is 11.5. The Morgan fingerprint density at radius 1 is 0.938 bits per heavy atom. The van der Waals surface area contributed by atoms with E-state index in [1.165, 1.54) is 0 Å². The van der Waals surface area contributed by atoms with Crippen molar-refractivity contribution in [3.63, 3.8) is 0 Å². The molecule has 0 aliphatic carbocycles. The van der Waals surface area contributed by atoms with Gasteiger partial charge in [-0.25, -0.2) is 8.78 Å². The number of nitrogens with one attached hydrogen (secondary N) is 1. The summed E-state index contributed by atoms with van der Waals surface area (Å²) >= 11 is 5.71. The van der Waals surface area contributed by atoms with Gasteiger partial charge in [-0.1, -0.05) is 11.6 Å². The van der Waals surface area contributed by atoms with Gasteiger partial charge in [-0.05, 0) is 36.4 Å². The minimum absolute atomic E-state index is 0.0994. The molecule has 0 aliphatic heterocycles. The van der Waals surface area contributed by atoms with E-state index in [4.69, 9.17) is 11.6 Å². The Labute approximate surface area is 96.7 Å². The predicted octanol–water partition coefficient (Wildman–Crippen LogP) is 4.36. The molecule has 0 heterocycles. The highest BCUT2D eigenvalue weighted by Gasteiger charge is 2.03. The molecular formula is C12H8ClF2N. The second-order valence-corrected chi connectivity index (χ2v) is 3.69. The summed E-state index contributed by atoms with van der Waals surface area (Å²) in [6.07, 6.45) is 0. The van der Waals surface area contributed by atoms with Gasteiger partial charge in [-0.15, -0.1) is 0 Å². The van der Waals surface area contributed by atoms with Crippen molar-refractivity contribution in [2.45, 2.75) is 0 Å². The van der Waals surface area contributed by atoms with Gasteiger partial charge in [0.2, 0.25) is 0 Å². The summed E-state index contributed by atoms with van der Waals surface area (Å²) in [5, 5.41) is 3.35. The van der Waals surface area contributed by atoms with Crippen LogP contribution in [0.5, 0.6) is 0 Å². The molecule has 0 atom stereocenters. The lowest BCUT2D eigenvalue weighted by atomic mass is 10.2. The van der Waals surface area contributed by atoms with E-state index in [0.717, 1.165) is 18.2 Å². The lowest BCUT2D eigenvalue weighted by molar-refractivity contribution is 0.603. The zero-order valence-electron chi connectivity index (χ0n) is 8.18. The van der Waals surface area contributed by atoms with Gasteiger partial charge >= 0.3 is 0 Å². The van der Waals surface area contributed by atoms with Gasteiger partial charge in [-0.3, -0.25) is 0 Å². The van der Waals surface area contributed by atoms with Crippen molar-refractivity contribution in [2.24, 2.45) is 0 Å². The van der Waals surface area contributed by atoms with Crippen LogP contribution in [-0.4, -0.2) is 0 Å². The highest BCUT2D eigenvalue weighted by Crippen LogP contribution is 2.22. The van der Waals surface area contributed by atoms with E-state index in [-0.39, 0.29) is 5.69 Å². The minimum Gasteiger partial charge on any atom is -0.353 e. The molecule has 0 bridgehead atoms. The molecular weight excluding hydrogens is 232 g/mol. The first-order valence-electron chi connectivity index (χ1n) is 4.63. The normalized spacial score (nSPS) is 10.2. The fourth-order valence-corrected chi connectivity index (χ4v) is 1.41. The fourth-order valence-electron chi connectivity index (χ4n) is 1.28. The van der Waals surface area contributed by atoms with Crippen LogP contribution in [0.1, 0.15) is 0 Å². The summed E-state index contributed by atoms with van der Waals surface area (Å²) in [5.41, 5.74) is 0.747. The molecule has 1 nitrogen and oxygen atoms in total. The summed E-state index contributed by atoms with van der Waals surface area (Å²) in [6, 6.07) is 9.96. The molecule has 0 aliphatic rings. The summed E-state index contributed by atoms with van der Waals surface area (Å²) in [4.78, 5) is 0. The van der Waals surface area contributed by atoms with Crippen LogP contribution in [0.4, 0.5) is 20.2 Å². The van der Waals surface area contributed by atoms with Gasteiger partial charge in [0, 0.05) is 16.8 Å². The maximum absolute atomic E-state index is 13.3. The van der Waals surface area contributed by atoms with Crippen molar-refractivity contribution in [3.8, 4) is 0 Å². The molecule has 0 fully saturated rings. The molecule has 1 N–H and O–H groups in total. The molecule has 0 aromatic heterocycles. The summed E-state index contributed by atoms with van der Waals surface area (Å²) in [6.45, 7) is 0. The van der Waals surface area contributed by atoms with Crippen LogP contribution in [0.25, 0.3) is 0 Å². The SMILES string of the molecule is Fc1ccc(F)c(Nc2ccc(Cl)cc2)c1. The second kappa shape index (κ2) is 4.49. The van der Waals surface area contributed by atoms with Crippen molar-refractivity contribution in [2.75, 3.05) is 5.32 Å². The van der Waals surface area contributed by atoms with Crippen molar-refractivity contribution in [1.82, 2.24) is 0 Å². The molecule has 2 rings (SSSR count). The Morgan fingerprint density at radius 2 is 1.62 bits per heavy atom. The minimum atomic E-state index is -0.503. The quantitative estimate of drug-likeness (QED) is 0.821. The van der Waals surface area contributed by atoms with Crippen LogP contribution < -0.4 is 5.32 Å². The summed E-state index contributed by atoms with van der Waals surface area (Å²) < 4.78 is 26.2. The number of hydrogen-bond donors (Lipinski definition) is 1. The Bertz CT molecular complexity index is 497. The lowest BCUT2D eigenvalue weighted by Crippen LogP contribution is -1.94. The second-order valence-electron chi connectivity index (χ2n) is 3.26. The number of anilines is 2. The van der Waals surface area contributed by atoms with Crippen LogP contribution in [0.2, 0.25) is 5.02 Å². The van der Waals surface area contributed by atoms with Crippen LogP contribution in [0.3, 0.4) is 0 Å². The third kappa shape index (κ3) is 2.49. The van der Waals surface area contributed by atoms with Gasteiger partial charge in [-0.2, -0.15) is 0 Å². The van der Waals surface area contributed by atoms with E-state index in [1.54, 1.807) is 24.3 Å². The van der Waals surface area contributed by atoms with E-state index in [9.17, 15) is 8.78 Å². The standard InChI is InChI=1S/C12H8ClF2N/c13-8-1-4-10(5-2-8)16-12-7-9(14)3-6-11(12)15/h1-7,16H. The van der Waals surface area contributed by atoms with Crippen molar-refractivity contribution < 1.29 is 8.78 Å². The molecule has 0 saturated heterocycles. The third-order valence-corrected chi connectivity index (χ3v) is 2.30. The van der Waals surface area contributed by atoms with Gasteiger partial charge in [0.15, 0.2) is 0 Å². The first-order chi connectivity index (χ1) is 7.65. The molecule has 0 saturated carbocycles. The number of hydrogen-bond acceptors (Lipinski definition) is 1. The number of benzene rings is 2. The van der Waals surface area contributed by atoms with Crippen LogP contribution in [-0.2, 0) is 0 Å². The van der Waals surface area contributed by atoms with E-state index in [0.29, 0.717) is 10.7 Å². The Kier molecular flexibility index (Phi) is 3.06. The Morgan fingerprint density at radius 3 is 2.31 bits per heavy atom. The van der Waals surface area contributed by atoms with E-state index in [2.05, 4.69) is 5.32 Å². The largest absolute Gasteiger partial charge is 0.353 e. The van der Waals surface area contributed by atoms with E-state index >= 15 is 0 Å². The van der Waals surface area contributed by atoms with E-state index in [1.807, 2.05) is 0 Å². The van der Waals surface area contributed by atoms with Gasteiger partial charge < -0.3 is 5.32 Å². The third-order valence-electron chi connectivity index (χ3n) is 2.05. The van der Waals surface area contributed by atoms with Gasteiger partial charge in [0.1, 0.15) is 11.6 Å². The smallest absolute Gasteiger partial charge is 0.146 e. The fraction of sp³-hybridized carbons (Fsp3) is 0. The average molecular weight is 240 g/mol. The van der Waals surface area contributed by atoms with Gasteiger partial charge in [0.05, 0.1) is 5.69 Å². The zero-order valence-corrected chi connectivity index (χ0v) is 8.93. The lowest BCUT2D eigenvalue weighted by Gasteiger charge is -2.07. The maximum atomic E-state index is 13.3. The summed E-state index contributed by atoms with van der Waals surface area (Å²) in [7, 11) is 0. The van der Waals surface area contributed by atoms with Gasteiger partial charge in [0.25, 0.3) is 0 Å². The molecule has 0 unspecified atom stereocenters. The number of rotatable bonds is 2. The molecule has 0 radical (unpaired) electrons. The number of halogens is 3. The molecule has 2 aromatic carbocycles. The molecule has 16 heavy (non-hydrogen) atoms. The monoisotopic (exact) mass is 239 g/mol. The topological polar surface area (TPSA) is 12.0 Å². The highest BCUT2D eigenvalue weighted by molar-refractivity contribution is 6.30. The molecule has 4 heteroatoms. The first kappa shape index (κ1) is 10.9. The average Bonchev–Trinajstić information content (AvgIpc) is 2.27. The van der Waals surface area contributed by atoms with Crippen molar-refractivity contribution in [3.05, 3.63) is 59.1 Å². The van der Waals surface area contributed by atoms with Crippen LogP contribution >= 0.6 is 11.6 Å². The van der Waals surface area contributed by atoms with Crippen LogP contribution in [0.15, 0.2) is 42.5 Å². The predicted molar refractivity (Wildman–Crippen MR) is 61.1 cm³/mol. The molecule has 82 valence electrons. The summed E-state index contributed by atoms with van der Waals surface area (Å²) in [5.74, 6) is -0.991. The first-order valence-corrected chi connectivity index (χ1v) is 5.00. The highest BCUT2D eigenvalue weighted by atomic mass is 35.5. The Hall–Kier alpha value is -1.61. The molecule has 0 amide bonds. The molecule has 0 spiro atoms. The maximum Gasteiger partial charge on any atom is 0.146 e. The van der Waals surface area contributed by atoms with Crippen molar-refractivity contribution in [1.29, 1.82) is 0 Å². The molecule has 2 aromatic rings. The van der Waals surface area contributed by atoms with Crippen molar-refractivity contribution >= 4 is 23.0 Å². The van der Waals surface area contributed by atoms with Crippen LogP contribution in [0, 0.1) is 11.6 Å².